The monoisotopic (exact) mass is 292 g/mol. The average Bonchev–Trinajstić information content (AvgIpc) is 2.37. The summed E-state index contributed by atoms with van der Waals surface area (Å²) < 4.78 is 0. The van der Waals surface area contributed by atoms with Gasteiger partial charge in [0.2, 0.25) is 0 Å². The van der Waals surface area contributed by atoms with Gasteiger partial charge >= 0.3 is 0 Å². The third-order valence-corrected chi connectivity index (χ3v) is 7.19. The zero-order valence-corrected chi connectivity index (χ0v) is 15.0. The molecule has 0 heterocycles. The number of hydrogen-bond donors (Lipinski definition) is 0. The molecule has 122 valence electrons. The topological polar surface area (TPSA) is 17.1 Å². The van der Waals surface area contributed by atoms with Crippen molar-refractivity contribution in [3.05, 3.63) is 0 Å². The molecule has 0 N–H and O–H groups in total. The molecule has 0 amide bonds. The van der Waals surface area contributed by atoms with E-state index in [-0.39, 0.29) is 0 Å². The summed E-state index contributed by atoms with van der Waals surface area (Å²) in [6, 6.07) is 0. The van der Waals surface area contributed by atoms with E-state index < -0.39 is 0 Å². The van der Waals surface area contributed by atoms with Crippen molar-refractivity contribution in [3.63, 3.8) is 0 Å². The molecule has 21 heavy (non-hydrogen) atoms. The first kappa shape index (κ1) is 17.0. The third-order valence-electron chi connectivity index (χ3n) is 7.19. The Balaban J connectivity index is 2.11. The predicted octanol–water partition coefficient (Wildman–Crippen LogP) is 5.87. The second-order valence-corrected chi connectivity index (χ2v) is 9.15. The minimum atomic E-state index is 0.528. The summed E-state index contributed by atoms with van der Waals surface area (Å²) >= 11 is 0. The molecule has 2 aliphatic carbocycles. The maximum absolute atomic E-state index is 10.7. The SMILES string of the molecule is CC(CC=O)CCC1[C@H](C)CC[C@H]2C(C)(C)CCC[C@]12C. The van der Waals surface area contributed by atoms with Crippen LogP contribution in [0.1, 0.15) is 86.0 Å². The van der Waals surface area contributed by atoms with Crippen LogP contribution in [0.3, 0.4) is 0 Å². The molecule has 2 aliphatic rings. The Bertz CT molecular complexity index is 359. The van der Waals surface area contributed by atoms with Crippen molar-refractivity contribution < 1.29 is 4.79 Å². The van der Waals surface area contributed by atoms with Gasteiger partial charge in [0.05, 0.1) is 0 Å². The molecule has 2 rings (SSSR count). The van der Waals surface area contributed by atoms with Crippen LogP contribution in [-0.4, -0.2) is 6.29 Å². The lowest BCUT2D eigenvalue weighted by Crippen LogP contribution is -2.51. The Morgan fingerprint density at radius 3 is 2.57 bits per heavy atom. The second kappa shape index (κ2) is 6.42. The van der Waals surface area contributed by atoms with Gasteiger partial charge in [-0.25, -0.2) is 0 Å². The Hall–Kier alpha value is -0.330. The van der Waals surface area contributed by atoms with Crippen LogP contribution < -0.4 is 0 Å². The molecule has 2 unspecified atom stereocenters. The fourth-order valence-electron chi connectivity index (χ4n) is 5.97. The molecule has 0 aromatic carbocycles. The fraction of sp³-hybridized carbons (Fsp3) is 0.950. The first-order valence-electron chi connectivity index (χ1n) is 9.25. The Labute approximate surface area is 132 Å². The summed E-state index contributed by atoms with van der Waals surface area (Å²) in [5.41, 5.74) is 1.07. The summed E-state index contributed by atoms with van der Waals surface area (Å²) in [6.07, 6.45) is 11.5. The van der Waals surface area contributed by atoms with Crippen LogP contribution >= 0.6 is 0 Å². The number of carbonyl (C=O) groups is 1. The van der Waals surface area contributed by atoms with E-state index in [4.69, 9.17) is 0 Å². The lowest BCUT2D eigenvalue weighted by atomic mass is 9.46. The highest BCUT2D eigenvalue weighted by Gasteiger charge is 2.53. The molecule has 0 aliphatic heterocycles. The zero-order chi connectivity index (χ0) is 15.7. The van der Waals surface area contributed by atoms with Crippen LogP contribution in [0.2, 0.25) is 0 Å². The lowest BCUT2D eigenvalue weighted by molar-refractivity contribution is -0.109. The normalized spacial score (nSPS) is 40.3. The predicted molar refractivity (Wildman–Crippen MR) is 90.2 cm³/mol. The molecule has 1 nitrogen and oxygen atoms in total. The van der Waals surface area contributed by atoms with Gasteiger partial charge in [-0.05, 0) is 60.2 Å². The van der Waals surface area contributed by atoms with Crippen molar-refractivity contribution in [1.82, 2.24) is 0 Å². The average molecular weight is 293 g/mol. The molecule has 0 radical (unpaired) electrons. The van der Waals surface area contributed by atoms with E-state index in [1.807, 2.05) is 0 Å². The highest BCUT2D eigenvalue weighted by Crippen LogP contribution is 2.62. The summed E-state index contributed by atoms with van der Waals surface area (Å²) in [4.78, 5) is 10.7. The van der Waals surface area contributed by atoms with Crippen molar-refractivity contribution in [3.8, 4) is 0 Å². The molecule has 0 aromatic heterocycles. The summed E-state index contributed by atoms with van der Waals surface area (Å²) in [6.45, 7) is 12.3. The van der Waals surface area contributed by atoms with E-state index >= 15 is 0 Å². The van der Waals surface area contributed by atoms with E-state index in [2.05, 4.69) is 34.6 Å². The van der Waals surface area contributed by atoms with Crippen molar-refractivity contribution in [1.29, 1.82) is 0 Å². The molecular formula is C20H36O. The van der Waals surface area contributed by atoms with Crippen LogP contribution in [0.5, 0.6) is 0 Å². The van der Waals surface area contributed by atoms with E-state index in [9.17, 15) is 4.79 Å². The molecule has 2 saturated carbocycles. The van der Waals surface area contributed by atoms with Gasteiger partial charge in [-0.15, -0.1) is 0 Å². The highest BCUT2D eigenvalue weighted by molar-refractivity contribution is 5.49. The van der Waals surface area contributed by atoms with Gasteiger partial charge in [0, 0.05) is 6.42 Å². The smallest absolute Gasteiger partial charge is 0.120 e. The van der Waals surface area contributed by atoms with Crippen LogP contribution in [0.15, 0.2) is 0 Å². The number of aldehydes is 1. The Morgan fingerprint density at radius 1 is 1.19 bits per heavy atom. The first-order chi connectivity index (χ1) is 9.81. The van der Waals surface area contributed by atoms with Crippen molar-refractivity contribution in [2.75, 3.05) is 0 Å². The van der Waals surface area contributed by atoms with Gasteiger partial charge in [0.25, 0.3) is 0 Å². The van der Waals surface area contributed by atoms with E-state index in [1.54, 1.807) is 0 Å². The molecule has 0 spiro atoms. The van der Waals surface area contributed by atoms with E-state index in [0.29, 0.717) is 16.7 Å². The molecule has 0 aromatic rings. The molecule has 0 bridgehead atoms. The Morgan fingerprint density at radius 2 is 1.90 bits per heavy atom. The standard InChI is InChI=1S/C20H36O/c1-15(11-14-21)7-9-17-16(2)8-10-18-19(3,4)12-6-13-20(17,18)5/h14-18H,6-13H2,1-5H3/t15?,16-,17?,18+,20-/m1/s1. The fourth-order valence-corrected chi connectivity index (χ4v) is 5.97. The molecule has 0 saturated heterocycles. The van der Waals surface area contributed by atoms with Crippen molar-refractivity contribution in [2.45, 2.75) is 86.0 Å². The number of fused-ring (bicyclic) bond motifs is 1. The van der Waals surface area contributed by atoms with Crippen LogP contribution in [-0.2, 0) is 4.79 Å². The summed E-state index contributed by atoms with van der Waals surface area (Å²) in [7, 11) is 0. The third kappa shape index (κ3) is 3.37. The molecule has 2 fully saturated rings. The van der Waals surface area contributed by atoms with Gasteiger partial charge in [-0.3, -0.25) is 0 Å². The lowest BCUT2D eigenvalue weighted by Gasteiger charge is -2.59. The van der Waals surface area contributed by atoms with Gasteiger partial charge in [0.1, 0.15) is 6.29 Å². The molecular weight excluding hydrogens is 256 g/mol. The van der Waals surface area contributed by atoms with E-state index in [0.717, 1.165) is 30.5 Å². The minimum absolute atomic E-state index is 0.528. The largest absolute Gasteiger partial charge is 0.303 e. The highest BCUT2D eigenvalue weighted by atomic mass is 16.1. The number of hydrogen-bond acceptors (Lipinski definition) is 1. The van der Waals surface area contributed by atoms with E-state index in [1.165, 1.54) is 44.9 Å². The number of carbonyl (C=O) groups excluding carboxylic acids is 1. The number of rotatable bonds is 5. The maximum atomic E-state index is 10.7. The second-order valence-electron chi connectivity index (χ2n) is 9.15. The van der Waals surface area contributed by atoms with Gasteiger partial charge in [-0.1, -0.05) is 53.9 Å². The maximum Gasteiger partial charge on any atom is 0.120 e. The van der Waals surface area contributed by atoms with Crippen LogP contribution in [0.25, 0.3) is 0 Å². The van der Waals surface area contributed by atoms with Crippen molar-refractivity contribution >= 4 is 6.29 Å². The summed E-state index contributed by atoms with van der Waals surface area (Å²) in [5, 5.41) is 0. The minimum Gasteiger partial charge on any atom is -0.303 e. The van der Waals surface area contributed by atoms with Gasteiger partial charge in [0.15, 0.2) is 0 Å². The zero-order valence-electron chi connectivity index (χ0n) is 15.0. The first-order valence-corrected chi connectivity index (χ1v) is 9.25. The van der Waals surface area contributed by atoms with Crippen molar-refractivity contribution in [2.24, 2.45) is 34.5 Å². The van der Waals surface area contributed by atoms with Crippen LogP contribution in [0, 0.1) is 34.5 Å². The summed E-state index contributed by atoms with van der Waals surface area (Å²) in [5.74, 6) is 3.20. The molecule has 5 atom stereocenters. The van der Waals surface area contributed by atoms with Gasteiger partial charge in [-0.2, -0.15) is 0 Å². The Kier molecular flexibility index (Phi) is 5.21. The quantitative estimate of drug-likeness (QED) is 0.579. The van der Waals surface area contributed by atoms with Gasteiger partial charge < -0.3 is 4.79 Å². The van der Waals surface area contributed by atoms with Crippen LogP contribution in [0.4, 0.5) is 0 Å². The molecule has 1 heteroatoms.